The lowest BCUT2D eigenvalue weighted by molar-refractivity contribution is 0.477. The van der Waals surface area contributed by atoms with E-state index in [1.807, 2.05) is 0 Å². The topological polar surface area (TPSA) is 135 Å². The van der Waals surface area contributed by atoms with Crippen LogP contribution in [-0.2, 0) is 26.4 Å². The van der Waals surface area contributed by atoms with Gasteiger partial charge in [-0.25, -0.2) is 25.6 Å². The molecule has 13 heteroatoms. The van der Waals surface area contributed by atoms with Crippen LogP contribution in [0.25, 0.3) is 10.9 Å². The summed E-state index contributed by atoms with van der Waals surface area (Å²) in [5, 5.41) is 10.6. The Morgan fingerprint density at radius 2 is 1.70 bits per heavy atom. The van der Waals surface area contributed by atoms with Gasteiger partial charge in [0.2, 0.25) is 10.0 Å². The summed E-state index contributed by atoms with van der Waals surface area (Å²) < 4.78 is 82.6. The number of sulfonamides is 1. The van der Waals surface area contributed by atoms with E-state index in [-0.39, 0.29) is 39.4 Å². The Morgan fingerprint density at radius 3 is 2.40 bits per heavy atom. The number of nitrogens with one attached hydrogen (secondary N) is 1. The molecule has 2 aliphatic rings. The van der Waals surface area contributed by atoms with Crippen molar-refractivity contribution in [2.75, 3.05) is 10.5 Å². The number of rotatable bonds is 6. The zero-order valence-corrected chi connectivity index (χ0v) is 22.3. The molecule has 3 aromatic carbocycles. The number of nitrogens with zero attached hydrogens (tertiary/aromatic N) is 2. The molecule has 0 atom stereocenters. The molecule has 0 saturated heterocycles. The fourth-order valence-electron chi connectivity index (χ4n) is 4.71. The molecule has 4 aromatic rings. The lowest BCUT2D eigenvalue weighted by atomic mass is 10.1. The van der Waals surface area contributed by atoms with E-state index in [9.17, 15) is 35.5 Å². The maximum Gasteiger partial charge on any atom is 0.264 e. The number of pyridine rings is 1. The van der Waals surface area contributed by atoms with Crippen LogP contribution in [0.5, 0.6) is 5.75 Å². The van der Waals surface area contributed by atoms with Gasteiger partial charge in [0, 0.05) is 11.1 Å². The molecule has 0 radical (unpaired) electrons. The Balaban J connectivity index is 1.50. The summed E-state index contributed by atoms with van der Waals surface area (Å²) in [5.74, 6) is -2.55. The first-order valence-corrected chi connectivity index (χ1v) is 15.4. The minimum Gasteiger partial charge on any atom is -0.506 e. The van der Waals surface area contributed by atoms with Crippen molar-refractivity contribution in [3.63, 3.8) is 0 Å². The third-order valence-electron chi connectivity index (χ3n) is 6.84. The van der Waals surface area contributed by atoms with Crippen molar-refractivity contribution in [1.29, 1.82) is 0 Å². The molecule has 1 aliphatic heterocycles. The second-order valence-corrected chi connectivity index (χ2v) is 13.7. The smallest absolute Gasteiger partial charge is 0.264 e. The highest BCUT2D eigenvalue weighted by Crippen LogP contribution is 2.37. The van der Waals surface area contributed by atoms with Gasteiger partial charge in [-0.1, -0.05) is 12.1 Å². The van der Waals surface area contributed by atoms with Gasteiger partial charge in [-0.2, -0.15) is 0 Å². The number of hydrogen-bond acceptors (Lipinski definition) is 7. The molecule has 0 amide bonds. The molecule has 40 heavy (non-hydrogen) atoms. The average Bonchev–Trinajstić information content (AvgIpc) is 3.74. The lowest BCUT2D eigenvalue weighted by Crippen LogP contribution is -2.32. The third-order valence-corrected chi connectivity index (χ3v) is 10.4. The molecule has 206 valence electrons. The Kier molecular flexibility index (Phi) is 6.04. The molecular weight excluding hydrogens is 564 g/mol. The average molecular weight is 586 g/mol. The fourth-order valence-corrected chi connectivity index (χ4v) is 7.55. The molecule has 0 unspecified atom stereocenters. The van der Waals surface area contributed by atoms with E-state index in [0.717, 1.165) is 12.1 Å². The largest absolute Gasteiger partial charge is 0.506 e. The lowest BCUT2D eigenvalue weighted by Gasteiger charge is -2.20. The molecule has 0 spiro atoms. The molecule has 1 aliphatic carbocycles. The van der Waals surface area contributed by atoms with E-state index < -0.39 is 59.4 Å². The number of aromatic nitrogens is 1. The summed E-state index contributed by atoms with van der Waals surface area (Å²) in [6.07, 6.45) is 1.06. The summed E-state index contributed by atoms with van der Waals surface area (Å²) in [7, 11) is -7.77. The molecular formula is C27H21F2N3O6S2. The quantitative estimate of drug-likeness (QED) is 0.353. The number of aliphatic imine (C=N–C) groups is 1. The van der Waals surface area contributed by atoms with Crippen molar-refractivity contribution in [2.24, 2.45) is 4.99 Å². The van der Waals surface area contributed by atoms with Gasteiger partial charge < -0.3 is 9.67 Å². The minimum atomic E-state index is -4.13. The highest BCUT2D eigenvalue weighted by molar-refractivity contribution is 7.93. The van der Waals surface area contributed by atoms with Gasteiger partial charge in [0.05, 0.1) is 39.4 Å². The number of halogens is 2. The van der Waals surface area contributed by atoms with Gasteiger partial charge in [-0.05, 0) is 66.9 Å². The van der Waals surface area contributed by atoms with E-state index in [0.29, 0.717) is 18.4 Å². The molecule has 6 rings (SSSR count). The molecule has 2 heterocycles. The number of benzene rings is 3. The second kappa shape index (κ2) is 9.24. The number of fused-ring (bicyclic) bond motifs is 2. The Morgan fingerprint density at radius 1 is 1.00 bits per heavy atom. The number of hydrogen-bond donors (Lipinski definition) is 2. The van der Waals surface area contributed by atoms with E-state index in [4.69, 9.17) is 0 Å². The molecule has 1 aromatic heterocycles. The standard InChI is InChI=1S/C27H21F2N3O6S2/c28-16-3-1-15(2-4-16)13-32-23-10-5-17(29)11-20(23)26(33)25(27(32)34)22-14-39(35,36)24-12-18(6-9-21(24)30-22)31-40(37,38)19-7-8-19/h1-6,9-12,19,31,33H,7-8,13-14H2. The normalized spacial score (nSPS) is 16.4. The SMILES string of the molecule is O=c1c(C2=Nc3ccc(NS(=O)(=O)C4CC4)cc3S(=O)(=O)C2)c(O)c2cc(F)ccc2n1Cc1ccc(F)cc1. The molecule has 2 N–H and O–H groups in total. The maximum absolute atomic E-state index is 14.2. The molecule has 1 fully saturated rings. The van der Waals surface area contributed by atoms with Crippen molar-refractivity contribution in [1.82, 2.24) is 4.57 Å². The van der Waals surface area contributed by atoms with Crippen LogP contribution < -0.4 is 10.3 Å². The first kappa shape index (κ1) is 26.1. The zero-order valence-electron chi connectivity index (χ0n) is 20.6. The Labute approximate surface area is 227 Å². The summed E-state index contributed by atoms with van der Waals surface area (Å²) in [4.78, 5) is 17.9. The third kappa shape index (κ3) is 4.64. The maximum atomic E-state index is 14.2. The van der Waals surface area contributed by atoms with E-state index in [2.05, 4.69) is 9.71 Å². The molecule has 0 bridgehead atoms. The van der Waals surface area contributed by atoms with Crippen LogP contribution >= 0.6 is 0 Å². The van der Waals surface area contributed by atoms with Crippen LogP contribution in [0, 0.1) is 11.6 Å². The van der Waals surface area contributed by atoms with Crippen molar-refractivity contribution in [2.45, 2.75) is 29.5 Å². The van der Waals surface area contributed by atoms with Gasteiger partial charge in [-0.15, -0.1) is 0 Å². The van der Waals surface area contributed by atoms with Crippen molar-refractivity contribution >= 4 is 47.8 Å². The second-order valence-electron chi connectivity index (χ2n) is 9.75. The predicted octanol–water partition coefficient (Wildman–Crippen LogP) is 3.85. The van der Waals surface area contributed by atoms with Gasteiger partial charge in [0.15, 0.2) is 9.84 Å². The highest BCUT2D eigenvalue weighted by Gasteiger charge is 2.36. The monoisotopic (exact) mass is 585 g/mol. The highest BCUT2D eigenvalue weighted by atomic mass is 32.2. The first-order chi connectivity index (χ1) is 18.9. The Bertz CT molecular complexity index is 2020. The van der Waals surface area contributed by atoms with Crippen LogP contribution in [0.4, 0.5) is 20.2 Å². The van der Waals surface area contributed by atoms with Gasteiger partial charge >= 0.3 is 0 Å². The van der Waals surface area contributed by atoms with Crippen molar-refractivity contribution in [3.8, 4) is 5.75 Å². The van der Waals surface area contributed by atoms with Crippen LogP contribution in [0.2, 0.25) is 0 Å². The Hall–Kier alpha value is -4.10. The van der Waals surface area contributed by atoms with Crippen molar-refractivity contribution < 1.29 is 30.7 Å². The summed E-state index contributed by atoms with van der Waals surface area (Å²) in [5.41, 5.74) is -0.683. The summed E-state index contributed by atoms with van der Waals surface area (Å²) >= 11 is 0. The van der Waals surface area contributed by atoms with Crippen LogP contribution in [-0.4, -0.2) is 43.2 Å². The fraction of sp³-hybridized carbons (Fsp3) is 0.185. The van der Waals surface area contributed by atoms with E-state index in [1.165, 1.54) is 53.1 Å². The van der Waals surface area contributed by atoms with Crippen molar-refractivity contribution in [3.05, 3.63) is 93.8 Å². The summed E-state index contributed by atoms with van der Waals surface area (Å²) in [6.45, 7) is -0.0738. The van der Waals surface area contributed by atoms with Crippen LogP contribution in [0.1, 0.15) is 24.0 Å². The van der Waals surface area contributed by atoms with E-state index in [1.54, 1.807) is 0 Å². The minimum absolute atomic E-state index is 0.0348. The van der Waals surface area contributed by atoms with Gasteiger partial charge in [-0.3, -0.25) is 14.5 Å². The van der Waals surface area contributed by atoms with Crippen LogP contribution in [0.3, 0.4) is 0 Å². The summed E-state index contributed by atoms with van der Waals surface area (Å²) in [6, 6.07) is 12.7. The predicted molar refractivity (Wildman–Crippen MR) is 146 cm³/mol. The number of aromatic hydroxyl groups is 1. The number of sulfone groups is 1. The number of anilines is 1. The zero-order chi connectivity index (χ0) is 28.4. The van der Waals surface area contributed by atoms with Crippen LogP contribution in [0.15, 0.2) is 75.3 Å². The molecule has 1 saturated carbocycles. The molecule has 9 nitrogen and oxygen atoms in total. The van der Waals surface area contributed by atoms with Gasteiger partial charge in [0.1, 0.15) is 22.9 Å². The van der Waals surface area contributed by atoms with E-state index >= 15 is 0 Å². The first-order valence-electron chi connectivity index (χ1n) is 12.2. The van der Waals surface area contributed by atoms with Gasteiger partial charge in [0.25, 0.3) is 5.56 Å².